The van der Waals surface area contributed by atoms with Gasteiger partial charge in [-0.3, -0.25) is 9.59 Å². The Morgan fingerprint density at radius 3 is 2.47 bits per heavy atom. The third kappa shape index (κ3) is 3.87. The van der Waals surface area contributed by atoms with Crippen LogP contribution in [0.4, 0.5) is 0 Å². The first-order chi connectivity index (χ1) is 8.90. The molecule has 0 saturated carbocycles. The van der Waals surface area contributed by atoms with Gasteiger partial charge in [-0.1, -0.05) is 6.92 Å². The van der Waals surface area contributed by atoms with Gasteiger partial charge in [-0.15, -0.1) is 0 Å². The molecule has 0 spiro atoms. The molecule has 0 aliphatic carbocycles. The summed E-state index contributed by atoms with van der Waals surface area (Å²) in [5.74, 6) is -1.06. The molecule has 1 saturated heterocycles. The van der Waals surface area contributed by atoms with Gasteiger partial charge >= 0.3 is 5.97 Å². The molecule has 0 aromatic heterocycles. The van der Waals surface area contributed by atoms with E-state index < -0.39 is 49.1 Å². The Kier molecular flexibility index (Phi) is 5.67. The van der Waals surface area contributed by atoms with E-state index in [0.29, 0.717) is 0 Å². The Bertz CT molecular complexity index is 335. The molecule has 1 fully saturated rings. The number of esters is 1. The minimum atomic E-state index is -1.49. The Balaban J connectivity index is 2.90. The molecule has 1 amide bonds. The zero-order chi connectivity index (χ0) is 14.6. The molecule has 0 aromatic carbocycles. The molecule has 110 valence electrons. The zero-order valence-electron chi connectivity index (χ0n) is 10.8. The van der Waals surface area contributed by atoms with Crippen LogP contribution >= 0.6 is 0 Å². The van der Waals surface area contributed by atoms with Gasteiger partial charge in [0.25, 0.3) is 0 Å². The van der Waals surface area contributed by atoms with Crippen molar-refractivity contribution in [2.24, 2.45) is 0 Å². The summed E-state index contributed by atoms with van der Waals surface area (Å²) in [6.45, 7) is 2.24. The molecule has 1 heterocycles. The number of nitrogens with one attached hydrogen (secondary N) is 1. The van der Waals surface area contributed by atoms with Crippen LogP contribution in [0.25, 0.3) is 0 Å². The fourth-order valence-corrected chi connectivity index (χ4v) is 1.85. The maximum Gasteiger partial charge on any atom is 0.305 e. The van der Waals surface area contributed by atoms with Gasteiger partial charge in [0.15, 0.2) is 12.4 Å². The monoisotopic (exact) mass is 277 g/mol. The Labute approximate surface area is 110 Å². The van der Waals surface area contributed by atoms with Crippen molar-refractivity contribution in [3.8, 4) is 0 Å². The Morgan fingerprint density at radius 2 is 2.00 bits per heavy atom. The van der Waals surface area contributed by atoms with E-state index in [9.17, 15) is 19.8 Å². The van der Waals surface area contributed by atoms with Crippen molar-refractivity contribution in [1.29, 1.82) is 0 Å². The average molecular weight is 277 g/mol. The number of aliphatic hydroxyl groups excluding tert-OH is 3. The lowest BCUT2D eigenvalue weighted by Crippen LogP contribution is -2.65. The molecular weight excluding hydrogens is 258 g/mol. The minimum Gasteiger partial charge on any atom is -0.457 e. The van der Waals surface area contributed by atoms with Crippen LogP contribution in [-0.4, -0.2) is 64.4 Å². The van der Waals surface area contributed by atoms with Crippen LogP contribution < -0.4 is 5.32 Å². The van der Waals surface area contributed by atoms with Gasteiger partial charge in [0.1, 0.15) is 18.2 Å². The third-order valence-corrected chi connectivity index (χ3v) is 2.80. The fraction of sp³-hybridized carbons (Fsp3) is 0.818. The maximum absolute atomic E-state index is 11.3. The van der Waals surface area contributed by atoms with E-state index in [4.69, 9.17) is 14.6 Å². The number of carbonyl (C=O) groups excluding carboxylic acids is 2. The largest absolute Gasteiger partial charge is 0.457 e. The van der Waals surface area contributed by atoms with E-state index in [1.54, 1.807) is 6.92 Å². The molecule has 0 aromatic rings. The SMILES string of the molecule is CCC(=O)O[C@@H]1[C@H](O)[C@H](CO)O[C@@H](O)[C@H]1NC(C)=O. The fourth-order valence-electron chi connectivity index (χ4n) is 1.85. The zero-order valence-corrected chi connectivity index (χ0v) is 10.8. The highest BCUT2D eigenvalue weighted by molar-refractivity contribution is 5.73. The average Bonchev–Trinajstić information content (AvgIpc) is 2.36. The lowest BCUT2D eigenvalue weighted by atomic mass is 9.96. The summed E-state index contributed by atoms with van der Waals surface area (Å²) in [5, 5.41) is 31.1. The van der Waals surface area contributed by atoms with Gasteiger partial charge < -0.3 is 30.1 Å². The highest BCUT2D eigenvalue weighted by atomic mass is 16.6. The number of rotatable bonds is 4. The molecule has 19 heavy (non-hydrogen) atoms. The van der Waals surface area contributed by atoms with Crippen molar-refractivity contribution < 1.29 is 34.4 Å². The second-order valence-corrected chi connectivity index (χ2v) is 4.27. The summed E-state index contributed by atoms with van der Waals surface area (Å²) in [7, 11) is 0. The second kappa shape index (κ2) is 6.80. The first-order valence-electron chi connectivity index (χ1n) is 5.99. The smallest absolute Gasteiger partial charge is 0.305 e. The van der Waals surface area contributed by atoms with Crippen molar-refractivity contribution in [3.05, 3.63) is 0 Å². The molecule has 5 atom stereocenters. The maximum atomic E-state index is 11.3. The topological polar surface area (TPSA) is 125 Å². The summed E-state index contributed by atoms with van der Waals surface area (Å²) >= 11 is 0. The lowest BCUT2D eigenvalue weighted by molar-refractivity contribution is -0.258. The Morgan fingerprint density at radius 1 is 1.37 bits per heavy atom. The molecule has 8 nitrogen and oxygen atoms in total. The highest BCUT2D eigenvalue weighted by Gasteiger charge is 2.47. The van der Waals surface area contributed by atoms with Crippen LogP contribution in [0.3, 0.4) is 0 Å². The van der Waals surface area contributed by atoms with Crippen molar-refractivity contribution in [2.75, 3.05) is 6.61 Å². The third-order valence-electron chi connectivity index (χ3n) is 2.80. The summed E-state index contributed by atoms with van der Waals surface area (Å²) in [4.78, 5) is 22.4. The van der Waals surface area contributed by atoms with Crippen LogP contribution in [-0.2, 0) is 19.1 Å². The summed E-state index contributed by atoms with van der Waals surface area (Å²) < 4.78 is 9.97. The summed E-state index contributed by atoms with van der Waals surface area (Å²) in [5.41, 5.74) is 0. The van der Waals surface area contributed by atoms with E-state index in [2.05, 4.69) is 5.32 Å². The van der Waals surface area contributed by atoms with Gasteiger partial charge in [-0.2, -0.15) is 0 Å². The Hall–Kier alpha value is -1.22. The molecular formula is C11H19NO7. The van der Waals surface area contributed by atoms with Gasteiger partial charge in [0.2, 0.25) is 5.91 Å². The number of hydrogen-bond acceptors (Lipinski definition) is 7. The predicted octanol–water partition coefficient (Wildman–Crippen LogP) is -2.12. The van der Waals surface area contributed by atoms with E-state index in [1.807, 2.05) is 0 Å². The minimum absolute atomic E-state index is 0.0801. The molecule has 8 heteroatoms. The van der Waals surface area contributed by atoms with E-state index >= 15 is 0 Å². The number of amides is 1. The number of carbonyl (C=O) groups is 2. The van der Waals surface area contributed by atoms with E-state index in [-0.39, 0.29) is 6.42 Å². The standard InChI is InChI=1S/C11H19NO7/c1-3-7(15)19-10-8(12-5(2)14)11(17)18-6(4-13)9(10)16/h6,8-11,13,16-17H,3-4H2,1-2H3,(H,12,14)/t6-,8-,9+,10-,11+/m0/s1. The first kappa shape index (κ1) is 15.8. The molecule has 0 radical (unpaired) electrons. The van der Waals surface area contributed by atoms with Crippen molar-refractivity contribution in [1.82, 2.24) is 5.32 Å². The van der Waals surface area contributed by atoms with Crippen LogP contribution in [0.1, 0.15) is 20.3 Å². The van der Waals surface area contributed by atoms with Crippen LogP contribution in [0.5, 0.6) is 0 Å². The van der Waals surface area contributed by atoms with Gasteiger partial charge in [0.05, 0.1) is 6.61 Å². The molecule has 0 bridgehead atoms. The predicted molar refractivity (Wildman–Crippen MR) is 61.7 cm³/mol. The van der Waals surface area contributed by atoms with Crippen LogP contribution in [0, 0.1) is 0 Å². The molecule has 4 N–H and O–H groups in total. The van der Waals surface area contributed by atoms with Crippen LogP contribution in [0.15, 0.2) is 0 Å². The molecule has 0 unspecified atom stereocenters. The van der Waals surface area contributed by atoms with Crippen molar-refractivity contribution in [2.45, 2.75) is 50.9 Å². The number of aliphatic hydroxyl groups is 3. The summed E-state index contributed by atoms with van der Waals surface area (Å²) in [6.07, 6.45) is -5.02. The van der Waals surface area contributed by atoms with Gasteiger partial charge in [-0.25, -0.2) is 0 Å². The van der Waals surface area contributed by atoms with Gasteiger partial charge in [-0.05, 0) is 0 Å². The van der Waals surface area contributed by atoms with Crippen LogP contribution in [0.2, 0.25) is 0 Å². The highest BCUT2D eigenvalue weighted by Crippen LogP contribution is 2.22. The first-order valence-corrected chi connectivity index (χ1v) is 5.99. The number of ether oxygens (including phenoxy) is 2. The molecule has 1 aliphatic heterocycles. The lowest BCUT2D eigenvalue weighted by Gasteiger charge is -2.41. The molecule has 1 aliphatic rings. The normalized spacial score (nSPS) is 34.7. The van der Waals surface area contributed by atoms with Crippen molar-refractivity contribution >= 4 is 11.9 Å². The summed E-state index contributed by atoms with van der Waals surface area (Å²) in [6, 6.07) is -1.09. The van der Waals surface area contributed by atoms with Crippen molar-refractivity contribution in [3.63, 3.8) is 0 Å². The number of hydrogen-bond donors (Lipinski definition) is 4. The second-order valence-electron chi connectivity index (χ2n) is 4.27. The molecule has 1 rings (SSSR count). The van der Waals surface area contributed by atoms with E-state index in [0.717, 1.165) is 0 Å². The quantitative estimate of drug-likeness (QED) is 0.433. The van der Waals surface area contributed by atoms with E-state index in [1.165, 1.54) is 6.92 Å². The van der Waals surface area contributed by atoms with Gasteiger partial charge in [0, 0.05) is 13.3 Å².